The van der Waals surface area contributed by atoms with Crippen molar-refractivity contribution in [3.8, 4) is 5.75 Å². The number of carbonyl (C=O) groups is 2. The molecule has 0 radical (unpaired) electrons. The van der Waals surface area contributed by atoms with Gasteiger partial charge >= 0.3 is 0 Å². The number of rotatable bonds is 5. The molecule has 0 saturated carbocycles. The van der Waals surface area contributed by atoms with Crippen LogP contribution < -0.4 is 10.6 Å². The van der Waals surface area contributed by atoms with Crippen LogP contribution in [-0.4, -0.2) is 23.0 Å². The Kier molecular flexibility index (Phi) is 6.73. The second kappa shape index (κ2) is 8.65. The number of phenols is 1. The molecule has 0 aliphatic rings. The van der Waals surface area contributed by atoms with Gasteiger partial charge in [0.2, 0.25) is 5.91 Å². The molecule has 5 nitrogen and oxygen atoms in total. The fourth-order valence-electron chi connectivity index (χ4n) is 2.71. The van der Waals surface area contributed by atoms with E-state index in [2.05, 4.69) is 10.6 Å². The van der Waals surface area contributed by atoms with E-state index in [1.165, 1.54) is 0 Å². The molecule has 0 heterocycles. The number of anilines is 1. The minimum absolute atomic E-state index is 0.0266. The molecule has 3 N–H and O–H groups in total. The quantitative estimate of drug-likeness (QED) is 0.632. The van der Waals surface area contributed by atoms with E-state index in [0.717, 1.165) is 5.56 Å². The lowest BCUT2D eigenvalue weighted by molar-refractivity contribution is -0.118. The Morgan fingerprint density at radius 1 is 1.07 bits per heavy atom. The maximum Gasteiger partial charge on any atom is 0.253 e. The van der Waals surface area contributed by atoms with Gasteiger partial charge < -0.3 is 15.7 Å². The predicted molar refractivity (Wildman–Crippen MR) is 113 cm³/mol. The van der Waals surface area contributed by atoms with Gasteiger partial charge in [-0.15, -0.1) is 0 Å². The molecule has 0 aromatic heterocycles. The molecular weight excluding hydrogens is 376 g/mol. The lowest BCUT2D eigenvalue weighted by Crippen LogP contribution is -2.47. The first kappa shape index (κ1) is 21.8. The second-order valence-electron chi connectivity index (χ2n) is 8.15. The topological polar surface area (TPSA) is 78.4 Å². The molecule has 1 atom stereocenters. The van der Waals surface area contributed by atoms with Crippen molar-refractivity contribution in [1.29, 1.82) is 0 Å². The summed E-state index contributed by atoms with van der Waals surface area (Å²) in [6.07, 6.45) is 0. The van der Waals surface area contributed by atoms with E-state index in [4.69, 9.17) is 11.6 Å². The van der Waals surface area contributed by atoms with E-state index in [9.17, 15) is 14.7 Å². The first-order valence-corrected chi connectivity index (χ1v) is 9.58. The lowest BCUT2D eigenvalue weighted by Gasteiger charge is -2.24. The number of amides is 2. The van der Waals surface area contributed by atoms with E-state index in [1.807, 2.05) is 40.7 Å². The molecule has 2 rings (SSSR count). The highest BCUT2D eigenvalue weighted by Gasteiger charge is 2.26. The zero-order valence-corrected chi connectivity index (χ0v) is 17.6. The maximum atomic E-state index is 12.8. The van der Waals surface area contributed by atoms with E-state index in [1.54, 1.807) is 36.4 Å². The summed E-state index contributed by atoms with van der Waals surface area (Å²) in [4.78, 5) is 25.4. The average molecular weight is 403 g/mol. The zero-order valence-electron chi connectivity index (χ0n) is 16.8. The van der Waals surface area contributed by atoms with Crippen LogP contribution in [0.25, 0.3) is 0 Å². The number of hydrogen-bond acceptors (Lipinski definition) is 3. The van der Waals surface area contributed by atoms with Crippen molar-refractivity contribution in [2.75, 3.05) is 5.32 Å². The van der Waals surface area contributed by atoms with Gasteiger partial charge in [0.25, 0.3) is 5.91 Å². The summed E-state index contributed by atoms with van der Waals surface area (Å²) in [5, 5.41) is 15.9. The molecule has 2 amide bonds. The number of phenolic OH excluding ortho intramolecular Hbond substituents is 1. The Balaban J connectivity index is 2.22. The number of aromatic hydroxyl groups is 1. The molecule has 6 heteroatoms. The normalized spacial score (nSPS) is 12.5. The summed E-state index contributed by atoms with van der Waals surface area (Å²) in [7, 11) is 0. The van der Waals surface area contributed by atoms with Crippen LogP contribution in [0.4, 0.5) is 5.69 Å². The third-order valence-corrected chi connectivity index (χ3v) is 4.80. The van der Waals surface area contributed by atoms with Gasteiger partial charge in [-0.1, -0.05) is 64.4 Å². The molecule has 0 aliphatic heterocycles. The summed E-state index contributed by atoms with van der Waals surface area (Å²) in [6.45, 7) is 9.81. The zero-order chi connectivity index (χ0) is 21.1. The van der Waals surface area contributed by atoms with Gasteiger partial charge in [0.15, 0.2) is 0 Å². The van der Waals surface area contributed by atoms with Gasteiger partial charge in [-0.2, -0.15) is 0 Å². The first-order chi connectivity index (χ1) is 13.0. The van der Waals surface area contributed by atoms with Crippen LogP contribution in [0.3, 0.4) is 0 Å². The van der Waals surface area contributed by atoms with Crippen molar-refractivity contribution >= 4 is 29.1 Å². The molecule has 0 bridgehead atoms. The van der Waals surface area contributed by atoms with E-state index >= 15 is 0 Å². The van der Waals surface area contributed by atoms with Crippen LogP contribution in [0, 0.1) is 5.92 Å². The van der Waals surface area contributed by atoms with Gasteiger partial charge in [0.05, 0.1) is 16.3 Å². The smallest absolute Gasteiger partial charge is 0.253 e. The SMILES string of the molecule is CC(C)[C@H](NC(=O)c1ccccc1Cl)C(=O)Nc1cc(C(C)(C)C)ccc1O. The van der Waals surface area contributed by atoms with Crippen molar-refractivity contribution in [2.45, 2.75) is 46.1 Å². The van der Waals surface area contributed by atoms with Gasteiger partial charge in [-0.25, -0.2) is 0 Å². The molecule has 28 heavy (non-hydrogen) atoms. The Morgan fingerprint density at radius 2 is 1.71 bits per heavy atom. The van der Waals surface area contributed by atoms with Crippen LogP contribution in [0.1, 0.15) is 50.5 Å². The monoisotopic (exact) mass is 402 g/mol. The number of halogens is 1. The third-order valence-electron chi connectivity index (χ3n) is 4.47. The molecule has 2 aromatic carbocycles. The molecule has 0 saturated heterocycles. The summed E-state index contributed by atoms with van der Waals surface area (Å²) >= 11 is 6.08. The van der Waals surface area contributed by atoms with Crippen molar-refractivity contribution in [1.82, 2.24) is 5.32 Å². The van der Waals surface area contributed by atoms with Crippen LogP contribution in [0.2, 0.25) is 5.02 Å². The third kappa shape index (κ3) is 5.26. The first-order valence-electron chi connectivity index (χ1n) is 9.20. The fourth-order valence-corrected chi connectivity index (χ4v) is 2.93. The number of hydrogen-bond donors (Lipinski definition) is 3. The lowest BCUT2D eigenvalue weighted by atomic mass is 9.87. The molecule has 0 aliphatic carbocycles. The number of benzene rings is 2. The highest BCUT2D eigenvalue weighted by molar-refractivity contribution is 6.33. The number of carbonyl (C=O) groups excluding carboxylic acids is 2. The van der Waals surface area contributed by atoms with Crippen LogP contribution in [-0.2, 0) is 10.2 Å². The van der Waals surface area contributed by atoms with Gasteiger partial charge in [0, 0.05) is 0 Å². The van der Waals surface area contributed by atoms with E-state index in [-0.39, 0.29) is 17.1 Å². The van der Waals surface area contributed by atoms with Gasteiger partial charge in [-0.05, 0) is 41.2 Å². The molecular formula is C22H27ClN2O3. The minimum Gasteiger partial charge on any atom is -0.506 e. The standard InChI is InChI=1S/C22H27ClN2O3/c1-13(2)19(25-20(27)15-8-6-7-9-16(15)23)21(28)24-17-12-14(22(3,4)5)10-11-18(17)26/h6-13,19,26H,1-5H3,(H,24,28)(H,25,27)/t19-/m0/s1. The molecule has 0 fully saturated rings. The van der Waals surface area contributed by atoms with Crippen LogP contribution >= 0.6 is 11.6 Å². The Morgan fingerprint density at radius 3 is 2.29 bits per heavy atom. The van der Waals surface area contributed by atoms with Crippen LogP contribution in [0.15, 0.2) is 42.5 Å². The molecule has 0 unspecified atom stereocenters. The van der Waals surface area contributed by atoms with Crippen molar-refractivity contribution in [2.24, 2.45) is 5.92 Å². The molecule has 2 aromatic rings. The average Bonchev–Trinajstić information content (AvgIpc) is 2.60. The summed E-state index contributed by atoms with van der Waals surface area (Å²) in [5.74, 6) is -1.02. The van der Waals surface area contributed by atoms with Crippen molar-refractivity contribution in [3.63, 3.8) is 0 Å². The minimum atomic E-state index is -0.790. The van der Waals surface area contributed by atoms with E-state index < -0.39 is 17.9 Å². The van der Waals surface area contributed by atoms with Crippen LogP contribution in [0.5, 0.6) is 5.75 Å². The van der Waals surface area contributed by atoms with E-state index in [0.29, 0.717) is 16.3 Å². The Labute approximate surface area is 171 Å². The largest absolute Gasteiger partial charge is 0.506 e. The second-order valence-corrected chi connectivity index (χ2v) is 8.55. The molecule has 0 spiro atoms. The number of nitrogens with one attached hydrogen (secondary N) is 2. The fraction of sp³-hybridized carbons (Fsp3) is 0.364. The Bertz CT molecular complexity index is 872. The highest BCUT2D eigenvalue weighted by atomic mass is 35.5. The molecule has 150 valence electrons. The summed E-state index contributed by atoms with van der Waals surface area (Å²) in [6, 6.07) is 11.0. The van der Waals surface area contributed by atoms with Crippen molar-refractivity contribution < 1.29 is 14.7 Å². The van der Waals surface area contributed by atoms with Gasteiger partial charge in [0.1, 0.15) is 11.8 Å². The van der Waals surface area contributed by atoms with Crippen molar-refractivity contribution in [3.05, 3.63) is 58.6 Å². The maximum absolute atomic E-state index is 12.8. The highest BCUT2D eigenvalue weighted by Crippen LogP contribution is 2.31. The Hall–Kier alpha value is -2.53. The summed E-state index contributed by atoms with van der Waals surface area (Å²) in [5.41, 5.74) is 1.46. The summed E-state index contributed by atoms with van der Waals surface area (Å²) < 4.78 is 0. The predicted octanol–water partition coefficient (Wildman–Crippen LogP) is 4.74. The van der Waals surface area contributed by atoms with Gasteiger partial charge in [-0.3, -0.25) is 9.59 Å².